The highest BCUT2D eigenvalue weighted by Gasteiger charge is 2.54. The smallest absolute Gasteiger partial charge is 0.416 e. The zero-order chi connectivity index (χ0) is 26.2. The SMILES string of the molecule is O=C(CNC(=O)C12CC3CC(CC(C3)C1)C2)O[C@@H](C(=O)Nc1cccc(C(F)(F)F)c1)c1ccccc1. The average molecular weight is 515 g/mol. The Hall–Kier alpha value is -3.36. The predicted molar refractivity (Wildman–Crippen MR) is 129 cm³/mol. The van der Waals surface area contributed by atoms with Gasteiger partial charge in [0, 0.05) is 16.7 Å². The van der Waals surface area contributed by atoms with E-state index >= 15 is 0 Å². The number of alkyl halides is 3. The molecule has 4 aliphatic carbocycles. The van der Waals surface area contributed by atoms with E-state index in [2.05, 4.69) is 10.6 Å². The maximum Gasteiger partial charge on any atom is 0.416 e. The number of hydrogen-bond donors (Lipinski definition) is 2. The van der Waals surface area contributed by atoms with Crippen LogP contribution in [0.5, 0.6) is 0 Å². The van der Waals surface area contributed by atoms with Gasteiger partial charge in [-0.05, 0) is 74.5 Å². The number of anilines is 1. The van der Waals surface area contributed by atoms with Gasteiger partial charge in [-0.25, -0.2) is 0 Å². The van der Waals surface area contributed by atoms with Crippen molar-refractivity contribution >= 4 is 23.5 Å². The Bertz CT molecular complexity index is 1150. The van der Waals surface area contributed by atoms with Crippen molar-refractivity contribution in [3.8, 4) is 0 Å². The first kappa shape index (κ1) is 25.3. The van der Waals surface area contributed by atoms with Gasteiger partial charge in [-0.15, -0.1) is 0 Å². The molecule has 0 radical (unpaired) electrons. The first-order valence-corrected chi connectivity index (χ1v) is 12.6. The van der Waals surface area contributed by atoms with Crippen LogP contribution >= 0.6 is 0 Å². The van der Waals surface area contributed by atoms with Crippen molar-refractivity contribution in [3.05, 3.63) is 65.7 Å². The fraction of sp³-hybridized carbons (Fsp3) is 0.464. The van der Waals surface area contributed by atoms with E-state index in [0.717, 1.165) is 31.4 Å². The summed E-state index contributed by atoms with van der Waals surface area (Å²) in [5.74, 6) is -0.00601. The lowest BCUT2D eigenvalue weighted by atomic mass is 9.49. The molecule has 4 aliphatic rings. The maximum atomic E-state index is 13.2. The van der Waals surface area contributed by atoms with E-state index < -0.39 is 35.1 Å². The second-order valence-electron chi connectivity index (χ2n) is 10.7. The molecule has 4 saturated carbocycles. The Morgan fingerprint density at radius 3 is 2.14 bits per heavy atom. The third kappa shape index (κ3) is 5.50. The number of rotatable bonds is 7. The minimum atomic E-state index is -4.57. The molecule has 1 atom stereocenters. The summed E-state index contributed by atoms with van der Waals surface area (Å²) in [5, 5.41) is 5.15. The molecule has 6 nitrogen and oxygen atoms in total. The van der Waals surface area contributed by atoms with E-state index in [1.165, 1.54) is 31.4 Å². The quantitative estimate of drug-likeness (QED) is 0.494. The normalized spacial score (nSPS) is 26.8. The summed E-state index contributed by atoms with van der Waals surface area (Å²) in [6.07, 6.45) is 0.154. The number of halogens is 3. The predicted octanol–water partition coefficient (Wildman–Crippen LogP) is 5.26. The second-order valence-corrected chi connectivity index (χ2v) is 10.7. The summed E-state index contributed by atoms with van der Waals surface area (Å²) in [6.45, 7) is -0.388. The van der Waals surface area contributed by atoms with Crippen LogP contribution in [-0.2, 0) is 25.3 Å². The summed E-state index contributed by atoms with van der Waals surface area (Å²) < 4.78 is 44.7. The number of ether oxygens (including phenoxy) is 1. The van der Waals surface area contributed by atoms with E-state index in [4.69, 9.17) is 4.74 Å². The molecule has 6 rings (SSSR count). The molecular formula is C28H29F3N2O4. The van der Waals surface area contributed by atoms with E-state index in [1.54, 1.807) is 30.3 Å². The van der Waals surface area contributed by atoms with Gasteiger partial charge in [-0.2, -0.15) is 13.2 Å². The van der Waals surface area contributed by atoms with E-state index in [0.29, 0.717) is 23.3 Å². The highest BCUT2D eigenvalue weighted by molar-refractivity contribution is 5.96. The van der Waals surface area contributed by atoms with Crippen molar-refractivity contribution in [1.82, 2.24) is 5.32 Å². The lowest BCUT2D eigenvalue weighted by molar-refractivity contribution is -0.156. The maximum absolute atomic E-state index is 13.2. The molecule has 2 aromatic rings. The molecule has 2 N–H and O–H groups in total. The molecule has 2 aromatic carbocycles. The highest BCUT2D eigenvalue weighted by Crippen LogP contribution is 2.60. The zero-order valence-electron chi connectivity index (χ0n) is 20.2. The monoisotopic (exact) mass is 514 g/mol. The van der Waals surface area contributed by atoms with Crippen molar-refractivity contribution in [2.75, 3.05) is 11.9 Å². The van der Waals surface area contributed by atoms with Gasteiger partial charge in [-0.3, -0.25) is 14.4 Å². The van der Waals surface area contributed by atoms with Gasteiger partial charge in [0.2, 0.25) is 12.0 Å². The molecule has 196 valence electrons. The lowest BCUT2D eigenvalue weighted by Gasteiger charge is -2.55. The Kier molecular flexibility index (Phi) is 6.72. The van der Waals surface area contributed by atoms with Crippen molar-refractivity contribution in [3.63, 3.8) is 0 Å². The first-order chi connectivity index (χ1) is 17.6. The minimum absolute atomic E-state index is 0.0769. The summed E-state index contributed by atoms with van der Waals surface area (Å²) >= 11 is 0. The molecule has 37 heavy (non-hydrogen) atoms. The van der Waals surface area contributed by atoms with Crippen LogP contribution in [0.1, 0.15) is 55.8 Å². The molecule has 0 unspecified atom stereocenters. The first-order valence-electron chi connectivity index (χ1n) is 12.6. The summed E-state index contributed by atoms with van der Waals surface area (Å²) in [6, 6.07) is 12.4. The van der Waals surface area contributed by atoms with Crippen LogP contribution in [0.15, 0.2) is 54.6 Å². The third-order valence-corrected chi connectivity index (χ3v) is 7.96. The Morgan fingerprint density at radius 1 is 0.919 bits per heavy atom. The fourth-order valence-corrected chi connectivity index (χ4v) is 6.78. The zero-order valence-corrected chi connectivity index (χ0v) is 20.2. The molecule has 0 aromatic heterocycles. The largest absolute Gasteiger partial charge is 0.446 e. The number of carbonyl (C=O) groups excluding carboxylic acids is 3. The number of amides is 2. The van der Waals surface area contributed by atoms with Gasteiger partial charge in [0.05, 0.1) is 5.56 Å². The van der Waals surface area contributed by atoms with Crippen molar-refractivity contribution in [1.29, 1.82) is 0 Å². The van der Waals surface area contributed by atoms with Gasteiger partial charge in [-0.1, -0.05) is 36.4 Å². The molecular weight excluding hydrogens is 485 g/mol. The van der Waals surface area contributed by atoms with Gasteiger partial charge < -0.3 is 15.4 Å². The molecule has 4 fully saturated rings. The van der Waals surface area contributed by atoms with Crippen LogP contribution in [0.3, 0.4) is 0 Å². The second kappa shape index (κ2) is 9.84. The van der Waals surface area contributed by atoms with Crippen LogP contribution in [0.4, 0.5) is 18.9 Å². The molecule has 4 bridgehead atoms. The van der Waals surface area contributed by atoms with Gasteiger partial charge in [0.25, 0.3) is 5.91 Å². The number of benzene rings is 2. The molecule has 9 heteroatoms. The minimum Gasteiger partial charge on any atom is -0.446 e. The number of hydrogen-bond acceptors (Lipinski definition) is 4. The summed E-state index contributed by atoms with van der Waals surface area (Å²) in [7, 11) is 0. The van der Waals surface area contributed by atoms with Crippen molar-refractivity contribution in [2.45, 2.75) is 50.8 Å². The highest BCUT2D eigenvalue weighted by atomic mass is 19.4. The molecule has 0 spiro atoms. The van der Waals surface area contributed by atoms with Crippen molar-refractivity contribution < 1.29 is 32.3 Å². The van der Waals surface area contributed by atoms with Gasteiger partial charge in [0.1, 0.15) is 6.54 Å². The Morgan fingerprint density at radius 2 is 1.54 bits per heavy atom. The van der Waals surface area contributed by atoms with Crippen LogP contribution in [0.2, 0.25) is 0 Å². The van der Waals surface area contributed by atoms with Gasteiger partial charge >= 0.3 is 12.1 Å². The van der Waals surface area contributed by atoms with Crippen LogP contribution in [0, 0.1) is 23.2 Å². The number of esters is 1. The number of nitrogens with one attached hydrogen (secondary N) is 2. The average Bonchev–Trinajstić information content (AvgIpc) is 2.85. The van der Waals surface area contributed by atoms with E-state index in [-0.39, 0.29) is 18.1 Å². The van der Waals surface area contributed by atoms with Crippen LogP contribution in [-0.4, -0.2) is 24.3 Å². The fourth-order valence-electron chi connectivity index (χ4n) is 6.78. The molecule has 0 heterocycles. The van der Waals surface area contributed by atoms with Crippen molar-refractivity contribution in [2.24, 2.45) is 23.2 Å². The summed E-state index contributed by atoms with van der Waals surface area (Å²) in [5.41, 5.74) is -1.06. The molecule has 2 amide bonds. The van der Waals surface area contributed by atoms with Gasteiger partial charge in [0.15, 0.2) is 0 Å². The standard InChI is InChI=1S/C28H29F3N2O4/c29-28(30,31)21-7-4-8-22(12-21)33-25(35)24(20-5-2-1-3-6-20)37-23(34)16-32-26(36)27-13-17-9-18(14-27)11-19(10-17)15-27/h1-8,12,17-19,24H,9-11,13-16H2,(H,32,36)(H,33,35)/t17?,18?,19?,24-,27?/m1/s1. The summed E-state index contributed by atoms with van der Waals surface area (Å²) in [4.78, 5) is 38.9. The number of carbonyl (C=O) groups is 3. The molecule has 0 aliphatic heterocycles. The molecule has 0 saturated heterocycles. The van der Waals surface area contributed by atoms with Crippen LogP contribution in [0.25, 0.3) is 0 Å². The van der Waals surface area contributed by atoms with Crippen LogP contribution < -0.4 is 10.6 Å². The third-order valence-electron chi connectivity index (χ3n) is 7.96. The Balaban J connectivity index is 1.24. The topological polar surface area (TPSA) is 84.5 Å². The lowest BCUT2D eigenvalue weighted by Crippen LogP contribution is -2.54. The van der Waals surface area contributed by atoms with E-state index in [9.17, 15) is 27.6 Å². The van der Waals surface area contributed by atoms with E-state index in [1.807, 2.05) is 0 Å². The Labute approximate surface area is 213 Å².